The zero-order valence-electron chi connectivity index (χ0n) is 8.93. The van der Waals surface area contributed by atoms with Crippen LogP contribution in [0.5, 0.6) is 0 Å². The molecule has 0 amide bonds. The lowest BCUT2D eigenvalue weighted by Gasteiger charge is -2.27. The summed E-state index contributed by atoms with van der Waals surface area (Å²) in [5.41, 5.74) is 0.541. The van der Waals surface area contributed by atoms with Gasteiger partial charge in [0.05, 0.1) is 0 Å². The molecule has 0 aromatic carbocycles. The first-order chi connectivity index (χ1) is 5.56. The van der Waals surface area contributed by atoms with Gasteiger partial charge in [-0.15, -0.1) is 0 Å². The Morgan fingerprint density at radius 2 is 2.08 bits per heavy atom. The maximum Gasteiger partial charge on any atom is 0.00479 e. The van der Waals surface area contributed by atoms with Gasteiger partial charge < -0.3 is 9.80 Å². The van der Waals surface area contributed by atoms with Gasteiger partial charge in [0.1, 0.15) is 0 Å². The minimum absolute atomic E-state index is 0.541. The minimum atomic E-state index is 0.541. The Morgan fingerprint density at radius 1 is 1.42 bits per heavy atom. The summed E-state index contributed by atoms with van der Waals surface area (Å²) in [6.45, 7) is 9.67. The fourth-order valence-electron chi connectivity index (χ4n) is 2.29. The molecule has 1 unspecified atom stereocenters. The lowest BCUT2D eigenvalue weighted by Crippen LogP contribution is -2.34. The molecule has 1 rings (SSSR count). The predicted molar refractivity (Wildman–Crippen MR) is 53.4 cm³/mol. The van der Waals surface area contributed by atoms with Crippen molar-refractivity contribution in [3.05, 3.63) is 0 Å². The lowest BCUT2D eigenvalue weighted by atomic mass is 9.89. The van der Waals surface area contributed by atoms with Crippen LogP contribution in [0.15, 0.2) is 0 Å². The molecule has 1 aliphatic heterocycles. The van der Waals surface area contributed by atoms with Crippen molar-refractivity contribution in [2.45, 2.75) is 20.3 Å². The maximum absolute atomic E-state index is 2.55. The van der Waals surface area contributed by atoms with Crippen molar-refractivity contribution in [3.63, 3.8) is 0 Å². The summed E-state index contributed by atoms with van der Waals surface area (Å²) in [5, 5.41) is 0. The van der Waals surface area contributed by atoms with Gasteiger partial charge in [-0.05, 0) is 39.0 Å². The smallest absolute Gasteiger partial charge is 0.00479 e. The third-order valence-electron chi connectivity index (χ3n) is 2.78. The average Bonchev–Trinajstić information content (AvgIpc) is 2.30. The highest BCUT2D eigenvalue weighted by atomic mass is 15.2. The molecule has 1 aliphatic rings. The number of rotatable bonds is 3. The molecule has 1 fully saturated rings. The number of likely N-dealkylation sites (tertiary alicyclic amines) is 1. The van der Waals surface area contributed by atoms with Crippen molar-refractivity contribution in [2.24, 2.45) is 5.41 Å². The molecule has 12 heavy (non-hydrogen) atoms. The first-order valence-electron chi connectivity index (χ1n) is 4.93. The van der Waals surface area contributed by atoms with E-state index in [0.717, 1.165) is 0 Å². The summed E-state index contributed by atoms with van der Waals surface area (Å²) in [6, 6.07) is 0. The molecule has 0 aromatic heterocycles. The third-order valence-corrected chi connectivity index (χ3v) is 2.78. The molecule has 0 N–H and O–H groups in total. The van der Waals surface area contributed by atoms with E-state index in [2.05, 4.69) is 37.7 Å². The van der Waals surface area contributed by atoms with Crippen LogP contribution < -0.4 is 0 Å². The van der Waals surface area contributed by atoms with Crippen LogP contribution in [0.4, 0.5) is 0 Å². The van der Waals surface area contributed by atoms with Crippen LogP contribution in [0, 0.1) is 5.41 Å². The van der Waals surface area contributed by atoms with Crippen LogP contribution in [0.1, 0.15) is 20.3 Å². The number of nitrogens with zero attached hydrogens (tertiary/aromatic N) is 2. The van der Waals surface area contributed by atoms with E-state index in [9.17, 15) is 0 Å². The molecule has 0 radical (unpaired) electrons. The van der Waals surface area contributed by atoms with E-state index in [1.54, 1.807) is 0 Å². The fraction of sp³-hybridized carbons (Fsp3) is 1.00. The summed E-state index contributed by atoms with van der Waals surface area (Å²) in [4.78, 5) is 4.85. The molecule has 0 bridgehead atoms. The van der Waals surface area contributed by atoms with Crippen molar-refractivity contribution in [3.8, 4) is 0 Å². The quantitative estimate of drug-likeness (QED) is 0.629. The first kappa shape index (κ1) is 10.0. The van der Waals surface area contributed by atoms with Crippen molar-refractivity contribution >= 4 is 0 Å². The Balaban J connectivity index is 2.41. The SMILES string of the molecule is CCN1CCC(C)(CN(C)C)C1. The highest BCUT2D eigenvalue weighted by Crippen LogP contribution is 2.29. The minimum Gasteiger partial charge on any atom is -0.309 e. The van der Waals surface area contributed by atoms with Gasteiger partial charge in [0.15, 0.2) is 0 Å². The Labute approximate surface area is 76.5 Å². The third kappa shape index (κ3) is 2.46. The average molecular weight is 170 g/mol. The van der Waals surface area contributed by atoms with Gasteiger partial charge in [0, 0.05) is 13.1 Å². The Bertz CT molecular complexity index is 145. The zero-order valence-corrected chi connectivity index (χ0v) is 8.93. The van der Waals surface area contributed by atoms with Gasteiger partial charge in [-0.25, -0.2) is 0 Å². The van der Waals surface area contributed by atoms with Crippen LogP contribution >= 0.6 is 0 Å². The van der Waals surface area contributed by atoms with Crippen LogP contribution in [0.2, 0.25) is 0 Å². The fourth-order valence-corrected chi connectivity index (χ4v) is 2.29. The summed E-state index contributed by atoms with van der Waals surface area (Å²) < 4.78 is 0. The van der Waals surface area contributed by atoms with Gasteiger partial charge in [-0.3, -0.25) is 0 Å². The number of hydrogen-bond acceptors (Lipinski definition) is 2. The molecular formula is C10H22N2. The van der Waals surface area contributed by atoms with Gasteiger partial charge in [0.25, 0.3) is 0 Å². The number of hydrogen-bond donors (Lipinski definition) is 0. The molecule has 2 nitrogen and oxygen atoms in total. The summed E-state index contributed by atoms with van der Waals surface area (Å²) >= 11 is 0. The molecule has 2 heteroatoms. The molecule has 1 atom stereocenters. The van der Waals surface area contributed by atoms with E-state index in [0.29, 0.717) is 5.41 Å². The summed E-state index contributed by atoms with van der Waals surface area (Å²) in [6.07, 6.45) is 1.36. The van der Waals surface area contributed by atoms with Crippen LogP contribution in [0.25, 0.3) is 0 Å². The van der Waals surface area contributed by atoms with E-state index in [4.69, 9.17) is 0 Å². The van der Waals surface area contributed by atoms with Gasteiger partial charge in [0.2, 0.25) is 0 Å². The zero-order chi connectivity index (χ0) is 9.19. The Morgan fingerprint density at radius 3 is 2.50 bits per heavy atom. The van der Waals surface area contributed by atoms with Crippen molar-refractivity contribution < 1.29 is 0 Å². The van der Waals surface area contributed by atoms with Crippen molar-refractivity contribution in [2.75, 3.05) is 40.3 Å². The second kappa shape index (κ2) is 3.75. The molecule has 0 saturated carbocycles. The van der Waals surface area contributed by atoms with Crippen LogP contribution in [-0.2, 0) is 0 Å². The van der Waals surface area contributed by atoms with Crippen LogP contribution in [0.3, 0.4) is 0 Å². The van der Waals surface area contributed by atoms with E-state index >= 15 is 0 Å². The standard InChI is InChI=1S/C10H22N2/c1-5-12-7-6-10(2,9-12)8-11(3)4/h5-9H2,1-4H3. The Kier molecular flexibility index (Phi) is 3.13. The highest BCUT2D eigenvalue weighted by Gasteiger charge is 2.32. The second-order valence-corrected chi connectivity index (χ2v) is 4.67. The molecule has 1 saturated heterocycles. The monoisotopic (exact) mass is 170 g/mol. The molecule has 72 valence electrons. The molecule has 0 spiro atoms. The molecule has 1 heterocycles. The van der Waals surface area contributed by atoms with E-state index < -0.39 is 0 Å². The summed E-state index contributed by atoms with van der Waals surface area (Å²) in [5.74, 6) is 0. The summed E-state index contributed by atoms with van der Waals surface area (Å²) in [7, 11) is 4.33. The molecule has 0 aliphatic carbocycles. The lowest BCUT2D eigenvalue weighted by molar-refractivity contribution is 0.214. The topological polar surface area (TPSA) is 6.48 Å². The van der Waals surface area contributed by atoms with Crippen molar-refractivity contribution in [1.82, 2.24) is 9.80 Å². The maximum atomic E-state index is 2.55. The van der Waals surface area contributed by atoms with Crippen LogP contribution in [-0.4, -0.2) is 50.1 Å². The normalized spacial score (nSPS) is 31.8. The predicted octanol–water partition coefficient (Wildman–Crippen LogP) is 1.28. The Hall–Kier alpha value is -0.0800. The van der Waals surface area contributed by atoms with Crippen molar-refractivity contribution in [1.29, 1.82) is 0 Å². The van der Waals surface area contributed by atoms with E-state index in [1.807, 2.05) is 0 Å². The van der Waals surface area contributed by atoms with Gasteiger partial charge in [-0.1, -0.05) is 13.8 Å². The first-order valence-corrected chi connectivity index (χ1v) is 4.93. The van der Waals surface area contributed by atoms with Gasteiger partial charge >= 0.3 is 0 Å². The molecular weight excluding hydrogens is 148 g/mol. The molecule has 0 aromatic rings. The van der Waals surface area contributed by atoms with E-state index in [1.165, 1.54) is 32.6 Å². The second-order valence-electron chi connectivity index (χ2n) is 4.67. The van der Waals surface area contributed by atoms with Gasteiger partial charge in [-0.2, -0.15) is 0 Å². The largest absolute Gasteiger partial charge is 0.309 e. The van der Waals surface area contributed by atoms with E-state index in [-0.39, 0.29) is 0 Å². The highest BCUT2D eigenvalue weighted by molar-refractivity contribution is 4.87.